The summed E-state index contributed by atoms with van der Waals surface area (Å²) in [5, 5.41) is 3.01. The van der Waals surface area contributed by atoms with E-state index in [0.29, 0.717) is 24.9 Å². The van der Waals surface area contributed by atoms with Gasteiger partial charge in [-0.05, 0) is 28.8 Å². The van der Waals surface area contributed by atoms with Gasteiger partial charge in [-0.15, -0.1) is 0 Å². The van der Waals surface area contributed by atoms with Gasteiger partial charge in [0.1, 0.15) is 5.82 Å². The highest BCUT2D eigenvalue weighted by atomic mass is 16.1. The van der Waals surface area contributed by atoms with Crippen LogP contribution in [0.2, 0.25) is 0 Å². The van der Waals surface area contributed by atoms with Crippen LogP contribution in [0.1, 0.15) is 21.7 Å². The molecule has 36 heavy (non-hydrogen) atoms. The molecular weight excluding hydrogens is 446 g/mol. The molecule has 5 nitrogen and oxygen atoms in total. The Balaban J connectivity index is 1.22. The number of rotatable bonds is 9. The van der Waals surface area contributed by atoms with Gasteiger partial charge in [-0.3, -0.25) is 9.59 Å². The van der Waals surface area contributed by atoms with E-state index in [2.05, 4.69) is 17.4 Å². The standard InChI is InChI=1S/C31H27N3O2/c35-29(26-11-5-2-6-12-26)22-34-28-14-8-7-13-27(28)33-30(34)19-20-32-31(36)21-23-15-17-25(18-16-23)24-9-3-1-4-10-24/h1-18H,19-22H2,(H,32,36). The number of hydrogen-bond acceptors (Lipinski definition) is 3. The second kappa shape index (κ2) is 10.8. The van der Waals surface area contributed by atoms with Gasteiger partial charge in [0.25, 0.3) is 0 Å². The third-order valence-electron chi connectivity index (χ3n) is 6.23. The van der Waals surface area contributed by atoms with E-state index in [1.807, 2.05) is 102 Å². The maximum absolute atomic E-state index is 12.9. The SMILES string of the molecule is O=C(Cc1ccc(-c2ccccc2)cc1)NCCc1nc2ccccc2n1CC(=O)c1ccccc1. The molecule has 1 amide bonds. The molecule has 0 spiro atoms. The summed E-state index contributed by atoms with van der Waals surface area (Å²) in [6, 6.07) is 35.3. The van der Waals surface area contributed by atoms with Crippen molar-refractivity contribution >= 4 is 22.7 Å². The summed E-state index contributed by atoms with van der Waals surface area (Å²) < 4.78 is 1.96. The van der Waals surface area contributed by atoms with Gasteiger partial charge in [0, 0.05) is 18.5 Å². The lowest BCUT2D eigenvalue weighted by molar-refractivity contribution is -0.120. The number of nitrogens with one attached hydrogen (secondary N) is 1. The molecule has 0 aliphatic rings. The molecule has 5 aromatic rings. The minimum Gasteiger partial charge on any atom is -0.355 e. The van der Waals surface area contributed by atoms with Crippen molar-refractivity contribution in [3.05, 3.63) is 126 Å². The van der Waals surface area contributed by atoms with Gasteiger partial charge < -0.3 is 9.88 Å². The molecule has 0 saturated carbocycles. The van der Waals surface area contributed by atoms with Crippen LogP contribution in [0, 0.1) is 0 Å². The molecule has 0 aliphatic carbocycles. The molecule has 1 aromatic heterocycles. The lowest BCUT2D eigenvalue weighted by atomic mass is 10.0. The molecular formula is C31H27N3O2. The highest BCUT2D eigenvalue weighted by molar-refractivity contribution is 5.96. The average molecular weight is 474 g/mol. The Morgan fingerprint density at radius 2 is 1.36 bits per heavy atom. The van der Waals surface area contributed by atoms with Crippen molar-refractivity contribution in [3.63, 3.8) is 0 Å². The summed E-state index contributed by atoms with van der Waals surface area (Å²) in [6.07, 6.45) is 0.855. The Labute approximate surface area is 210 Å². The van der Waals surface area contributed by atoms with Gasteiger partial charge in [-0.1, -0.05) is 97.1 Å². The van der Waals surface area contributed by atoms with E-state index in [1.54, 1.807) is 0 Å². The second-order valence-electron chi connectivity index (χ2n) is 8.73. The number of benzene rings is 4. The van der Waals surface area contributed by atoms with Crippen molar-refractivity contribution in [2.45, 2.75) is 19.4 Å². The Morgan fingerprint density at radius 3 is 2.11 bits per heavy atom. The Kier molecular flexibility index (Phi) is 6.99. The van der Waals surface area contributed by atoms with E-state index in [4.69, 9.17) is 4.98 Å². The van der Waals surface area contributed by atoms with Crippen molar-refractivity contribution in [3.8, 4) is 11.1 Å². The third-order valence-corrected chi connectivity index (χ3v) is 6.23. The van der Waals surface area contributed by atoms with Crippen LogP contribution in [-0.4, -0.2) is 27.8 Å². The van der Waals surface area contributed by atoms with Crippen LogP contribution >= 0.6 is 0 Å². The number of aromatic nitrogens is 2. The number of para-hydroxylation sites is 2. The Hall–Kier alpha value is -4.51. The molecule has 1 heterocycles. The minimum absolute atomic E-state index is 0.0305. The van der Waals surface area contributed by atoms with E-state index in [9.17, 15) is 9.59 Å². The van der Waals surface area contributed by atoms with Gasteiger partial charge >= 0.3 is 0 Å². The van der Waals surface area contributed by atoms with Gasteiger partial charge in [0.15, 0.2) is 5.78 Å². The summed E-state index contributed by atoms with van der Waals surface area (Å²) in [7, 11) is 0. The van der Waals surface area contributed by atoms with Crippen LogP contribution in [0.25, 0.3) is 22.2 Å². The summed E-state index contributed by atoms with van der Waals surface area (Å²) in [4.78, 5) is 30.2. The molecule has 0 bridgehead atoms. The maximum atomic E-state index is 12.9. The van der Waals surface area contributed by atoms with Crippen molar-refractivity contribution < 1.29 is 9.59 Å². The van der Waals surface area contributed by atoms with Crippen LogP contribution in [-0.2, 0) is 24.2 Å². The maximum Gasteiger partial charge on any atom is 0.224 e. The second-order valence-corrected chi connectivity index (χ2v) is 8.73. The van der Waals surface area contributed by atoms with Crippen molar-refractivity contribution in [2.24, 2.45) is 0 Å². The normalized spacial score (nSPS) is 10.9. The van der Waals surface area contributed by atoms with E-state index in [0.717, 1.165) is 33.5 Å². The molecule has 4 aromatic carbocycles. The number of carbonyl (C=O) groups is 2. The summed E-state index contributed by atoms with van der Waals surface area (Å²) in [5.74, 6) is 0.779. The molecule has 178 valence electrons. The topological polar surface area (TPSA) is 64.0 Å². The zero-order chi connectivity index (χ0) is 24.7. The quantitative estimate of drug-likeness (QED) is 0.288. The number of imidazole rings is 1. The predicted octanol–water partition coefficient (Wildman–Crippen LogP) is 5.49. The van der Waals surface area contributed by atoms with E-state index in [1.165, 1.54) is 0 Å². The zero-order valence-electron chi connectivity index (χ0n) is 19.9. The van der Waals surface area contributed by atoms with Gasteiger partial charge in [0.2, 0.25) is 5.91 Å². The number of Topliss-reactive ketones (excluding diaryl/α,β-unsaturated/α-hetero) is 1. The first-order valence-electron chi connectivity index (χ1n) is 12.1. The van der Waals surface area contributed by atoms with Crippen LogP contribution in [0.15, 0.2) is 109 Å². The number of nitrogens with zero attached hydrogens (tertiary/aromatic N) is 2. The zero-order valence-corrected chi connectivity index (χ0v) is 19.9. The molecule has 0 fully saturated rings. The first-order valence-corrected chi connectivity index (χ1v) is 12.1. The fourth-order valence-electron chi connectivity index (χ4n) is 4.36. The number of ketones is 1. The molecule has 0 radical (unpaired) electrons. The lowest BCUT2D eigenvalue weighted by Gasteiger charge is -2.10. The number of amides is 1. The number of hydrogen-bond donors (Lipinski definition) is 1. The molecule has 0 aliphatic heterocycles. The first kappa shape index (κ1) is 23.2. The molecule has 0 unspecified atom stereocenters. The molecule has 0 atom stereocenters. The van der Waals surface area contributed by atoms with Crippen LogP contribution in [0.4, 0.5) is 0 Å². The monoisotopic (exact) mass is 473 g/mol. The summed E-state index contributed by atoms with van der Waals surface area (Å²) in [6.45, 7) is 0.658. The van der Waals surface area contributed by atoms with Crippen molar-refractivity contribution in [1.82, 2.24) is 14.9 Å². The summed E-state index contributed by atoms with van der Waals surface area (Å²) >= 11 is 0. The van der Waals surface area contributed by atoms with E-state index < -0.39 is 0 Å². The van der Waals surface area contributed by atoms with Crippen LogP contribution in [0.3, 0.4) is 0 Å². The van der Waals surface area contributed by atoms with Crippen molar-refractivity contribution in [1.29, 1.82) is 0 Å². The average Bonchev–Trinajstić information content (AvgIpc) is 3.27. The largest absolute Gasteiger partial charge is 0.355 e. The number of carbonyl (C=O) groups excluding carboxylic acids is 2. The molecule has 0 saturated heterocycles. The highest BCUT2D eigenvalue weighted by Gasteiger charge is 2.15. The van der Waals surface area contributed by atoms with E-state index in [-0.39, 0.29) is 18.2 Å². The van der Waals surface area contributed by atoms with Crippen LogP contribution < -0.4 is 5.32 Å². The van der Waals surface area contributed by atoms with Crippen LogP contribution in [0.5, 0.6) is 0 Å². The molecule has 1 N–H and O–H groups in total. The first-order chi connectivity index (χ1) is 17.7. The Morgan fingerprint density at radius 1 is 0.722 bits per heavy atom. The molecule has 5 heteroatoms. The predicted molar refractivity (Wildman–Crippen MR) is 143 cm³/mol. The van der Waals surface area contributed by atoms with E-state index >= 15 is 0 Å². The Bertz CT molecular complexity index is 1470. The van der Waals surface area contributed by atoms with Gasteiger partial charge in [-0.2, -0.15) is 0 Å². The van der Waals surface area contributed by atoms with Crippen molar-refractivity contribution in [2.75, 3.05) is 6.54 Å². The fraction of sp³-hybridized carbons (Fsp3) is 0.129. The third kappa shape index (κ3) is 5.41. The fourth-order valence-corrected chi connectivity index (χ4v) is 4.36. The summed E-state index contributed by atoms with van der Waals surface area (Å²) in [5.41, 5.74) is 5.69. The minimum atomic E-state index is -0.0366. The lowest BCUT2D eigenvalue weighted by Crippen LogP contribution is -2.28. The van der Waals surface area contributed by atoms with Gasteiger partial charge in [0.05, 0.1) is 24.0 Å². The molecule has 5 rings (SSSR count). The van der Waals surface area contributed by atoms with Gasteiger partial charge in [-0.25, -0.2) is 4.98 Å². The number of fused-ring (bicyclic) bond motifs is 1. The highest BCUT2D eigenvalue weighted by Crippen LogP contribution is 2.20. The smallest absolute Gasteiger partial charge is 0.224 e.